The Labute approximate surface area is 191 Å². The molecule has 33 heavy (non-hydrogen) atoms. The second kappa shape index (κ2) is 8.69. The summed E-state index contributed by atoms with van der Waals surface area (Å²) in [5, 5.41) is 0. The van der Waals surface area contributed by atoms with Gasteiger partial charge in [0.05, 0.1) is 13.0 Å². The summed E-state index contributed by atoms with van der Waals surface area (Å²) in [4.78, 5) is 42.7. The van der Waals surface area contributed by atoms with Gasteiger partial charge < -0.3 is 4.90 Å². The minimum Gasteiger partial charge on any atom is -0.338 e. The Bertz CT molecular complexity index is 1200. The molecule has 1 fully saturated rings. The van der Waals surface area contributed by atoms with Crippen molar-refractivity contribution >= 4 is 17.6 Å². The fourth-order valence-electron chi connectivity index (χ4n) is 4.56. The molecule has 8 heteroatoms. The monoisotopic (exact) mass is 445 g/mol. The average Bonchev–Trinajstić information content (AvgIpc) is 3.16. The van der Waals surface area contributed by atoms with Crippen molar-refractivity contribution in [3.63, 3.8) is 0 Å². The Morgan fingerprint density at radius 3 is 2.64 bits per heavy atom. The molecule has 168 valence electrons. The number of nitrogens with zero attached hydrogens (tertiary/aromatic N) is 5. The molecule has 1 atom stereocenters. The number of hydrogen-bond donors (Lipinski definition) is 0. The molecule has 0 N–H and O–H groups in total. The van der Waals surface area contributed by atoms with Gasteiger partial charge in [-0.15, -0.1) is 0 Å². The van der Waals surface area contributed by atoms with Crippen molar-refractivity contribution in [2.75, 3.05) is 18.0 Å². The van der Waals surface area contributed by atoms with E-state index >= 15 is 0 Å². The maximum atomic E-state index is 13.3. The Hall–Kier alpha value is -3.68. The van der Waals surface area contributed by atoms with Gasteiger partial charge in [-0.25, -0.2) is 14.4 Å². The average molecular weight is 445 g/mol. The molecule has 2 aromatic heterocycles. The molecule has 0 radical (unpaired) electrons. The van der Waals surface area contributed by atoms with Crippen molar-refractivity contribution in [1.82, 2.24) is 19.9 Å². The molecule has 0 unspecified atom stereocenters. The van der Waals surface area contributed by atoms with Crippen LogP contribution in [0.4, 0.5) is 10.2 Å². The predicted octanol–water partition coefficient (Wildman–Crippen LogP) is 3.43. The van der Waals surface area contributed by atoms with E-state index in [1.165, 1.54) is 12.1 Å². The summed E-state index contributed by atoms with van der Waals surface area (Å²) in [5.41, 5.74) is 3.09. The molecular formula is C25H24FN5O2. The standard InChI is InChI=1S/C25H24FN5O2/c1-16-21-13-22(32)31(14-17-4-6-20(26)7-5-17)24(21)29-23(28-16)19-3-2-12-30(15-19)25(33)18-8-10-27-11-9-18/h4-11,19H,2-3,12-15H2,1H3/t19-/m0/s1. The first-order valence-electron chi connectivity index (χ1n) is 11.1. The number of benzene rings is 1. The normalized spacial score (nSPS) is 17.9. The number of pyridine rings is 1. The van der Waals surface area contributed by atoms with Crippen molar-refractivity contribution in [2.24, 2.45) is 0 Å². The van der Waals surface area contributed by atoms with Gasteiger partial charge in [0.2, 0.25) is 5.91 Å². The van der Waals surface area contributed by atoms with Crippen LogP contribution in [0.25, 0.3) is 0 Å². The van der Waals surface area contributed by atoms with Crippen LogP contribution in [-0.4, -0.2) is 44.8 Å². The highest BCUT2D eigenvalue weighted by atomic mass is 19.1. The molecule has 2 amide bonds. The third-order valence-electron chi connectivity index (χ3n) is 6.35. The maximum absolute atomic E-state index is 13.3. The lowest BCUT2D eigenvalue weighted by atomic mass is 9.96. The van der Waals surface area contributed by atoms with Crippen LogP contribution < -0.4 is 4.90 Å². The number of fused-ring (bicyclic) bond motifs is 1. The minimum absolute atomic E-state index is 0.00286. The van der Waals surface area contributed by atoms with Crippen molar-refractivity contribution in [3.8, 4) is 0 Å². The molecule has 0 saturated carbocycles. The number of anilines is 1. The molecule has 7 nitrogen and oxygen atoms in total. The Balaban J connectivity index is 1.40. The van der Waals surface area contributed by atoms with Gasteiger partial charge >= 0.3 is 0 Å². The number of carbonyl (C=O) groups is 2. The number of halogens is 1. The topological polar surface area (TPSA) is 79.3 Å². The summed E-state index contributed by atoms with van der Waals surface area (Å²) in [6, 6.07) is 9.59. The van der Waals surface area contributed by atoms with E-state index in [1.54, 1.807) is 41.6 Å². The summed E-state index contributed by atoms with van der Waals surface area (Å²) in [6.45, 7) is 3.46. The summed E-state index contributed by atoms with van der Waals surface area (Å²) in [5.74, 6) is 0.921. The van der Waals surface area contributed by atoms with E-state index in [1.807, 2.05) is 11.8 Å². The van der Waals surface area contributed by atoms with E-state index in [0.29, 0.717) is 36.8 Å². The summed E-state index contributed by atoms with van der Waals surface area (Å²) >= 11 is 0. The quantitative estimate of drug-likeness (QED) is 0.615. The van der Waals surface area contributed by atoms with Gasteiger partial charge in [0.25, 0.3) is 5.91 Å². The Morgan fingerprint density at radius 2 is 1.88 bits per heavy atom. The highest BCUT2D eigenvalue weighted by Crippen LogP contribution is 2.33. The molecule has 2 aliphatic rings. The van der Waals surface area contributed by atoms with E-state index in [0.717, 1.165) is 29.7 Å². The van der Waals surface area contributed by atoms with Gasteiger partial charge in [0.1, 0.15) is 17.5 Å². The predicted molar refractivity (Wildman–Crippen MR) is 120 cm³/mol. The maximum Gasteiger partial charge on any atom is 0.253 e. The van der Waals surface area contributed by atoms with Crippen LogP contribution in [0.5, 0.6) is 0 Å². The van der Waals surface area contributed by atoms with E-state index in [2.05, 4.69) is 4.98 Å². The van der Waals surface area contributed by atoms with Crippen LogP contribution in [0.1, 0.15) is 51.8 Å². The SMILES string of the molecule is Cc1nc([C@H]2CCCN(C(=O)c3ccncc3)C2)nc2c1CC(=O)N2Cc1ccc(F)cc1. The molecule has 4 heterocycles. The zero-order valence-corrected chi connectivity index (χ0v) is 18.4. The molecular weight excluding hydrogens is 421 g/mol. The summed E-state index contributed by atoms with van der Waals surface area (Å²) in [7, 11) is 0. The van der Waals surface area contributed by atoms with Crippen molar-refractivity contribution < 1.29 is 14.0 Å². The first-order chi connectivity index (χ1) is 16.0. The van der Waals surface area contributed by atoms with Crippen LogP contribution in [0, 0.1) is 12.7 Å². The van der Waals surface area contributed by atoms with E-state index in [4.69, 9.17) is 9.97 Å². The van der Waals surface area contributed by atoms with Crippen LogP contribution in [0.2, 0.25) is 0 Å². The third kappa shape index (κ3) is 4.20. The lowest BCUT2D eigenvalue weighted by Crippen LogP contribution is -2.39. The summed E-state index contributed by atoms with van der Waals surface area (Å²) < 4.78 is 13.3. The van der Waals surface area contributed by atoms with Crippen LogP contribution in [-0.2, 0) is 17.8 Å². The lowest BCUT2D eigenvalue weighted by Gasteiger charge is -2.32. The molecule has 0 spiro atoms. The number of likely N-dealkylation sites (tertiary alicyclic amines) is 1. The number of aromatic nitrogens is 3. The van der Waals surface area contributed by atoms with Crippen LogP contribution in [0.3, 0.4) is 0 Å². The van der Waals surface area contributed by atoms with Crippen molar-refractivity contribution in [1.29, 1.82) is 0 Å². The van der Waals surface area contributed by atoms with Gasteiger partial charge in [-0.1, -0.05) is 12.1 Å². The van der Waals surface area contributed by atoms with E-state index in [9.17, 15) is 14.0 Å². The highest BCUT2D eigenvalue weighted by molar-refractivity contribution is 6.00. The molecule has 1 aromatic carbocycles. The number of piperidine rings is 1. The van der Waals surface area contributed by atoms with Crippen molar-refractivity contribution in [3.05, 3.63) is 82.8 Å². The van der Waals surface area contributed by atoms with Crippen molar-refractivity contribution in [2.45, 2.75) is 38.6 Å². The fraction of sp³-hybridized carbons (Fsp3) is 0.320. The molecule has 1 saturated heterocycles. The lowest BCUT2D eigenvalue weighted by molar-refractivity contribution is -0.117. The van der Waals surface area contributed by atoms with Gasteiger partial charge in [0.15, 0.2) is 0 Å². The first-order valence-corrected chi connectivity index (χ1v) is 11.1. The number of hydrogen-bond acceptors (Lipinski definition) is 5. The van der Waals surface area contributed by atoms with Gasteiger partial charge in [-0.2, -0.15) is 0 Å². The van der Waals surface area contributed by atoms with Gasteiger partial charge in [0, 0.05) is 48.2 Å². The Kier molecular flexibility index (Phi) is 5.58. The molecule has 5 rings (SSSR count). The number of aryl methyl sites for hydroxylation is 1. The molecule has 2 aliphatic heterocycles. The largest absolute Gasteiger partial charge is 0.338 e. The number of amides is 2. The Morgan fingerprint density at radius 1 is 1.12 bits per heavy atom. The number of carbonyl (C=O) groups excluding carboxylic acids is 2. The molecule has 3 aromatic rings. The van der Waals surface area contributed by atoms with E-state index in [-0.39, 0.29) is 30.0 Å². The van der Waals surface area contributed by atoms with Crippen LogP contribution >= 0.6 is 0 Å². The second-order valence-electron chi connectivity index (χ2n) is 8.58. The van der Waals surface area contributed by atoms with E-state index < -0.39 is 0 Å². The third-order valence-corrected chi connectivity index (χ3v) is 6.35. The zero-order valence-electron chi connectivity index (χ0n) is 18.4. The summed E-state index contributed by atoms with van der Waals surface area (Å²) in [6.07, 6.45) is 5.24. The minimum atomic E-state index is -0.310. The van der Waals surface area contributed by atoms with Gasteiger partial charge in [-0.05, 0) is 49.6 Å². The molecule has 0 bridgehead atoms. The smallest absolute Gasteiger partial charge is 0.253 e. The van der Waals surface area contributed by atoms with Gasteiger partial charge in [-0.3, -0.25) is 19.5 Å². The highest BCUT2D eigenvalue weighted by Gasteiger charge is 2.34. The fourth-order valence-corrected chi connectivity index (χ4v) is 4.56. The van der Waals surface area contributed by atoms with Crippen LogP contribution in [0.15, 0.2) is 48.8 Å². The second-order valence-corrected chi connectivity index (χ2v) is 8.58. The first kappa shape index (κ1) is 21.2. The number of rotatable bonds is 4. The zero-order chi connectivity index (χ0) is 22.9. The molecule has 0 aliphatic carbocycles.